The molecule has 0 aliphatic heterocycles. The predicted molar refractivity (Wildman–Crippen MR) is 98.3 cm³/mol. The second-order valence-corrected chi connectivity index (χ2v) is 5.38. The van der Waals surface area contributed by atoms with Gasteiger partial charge in [-0.05, 0) is 54.2 Å². The Bertz CT molecular complexity index is 740. The van der Waals surface area contributed by atoms with Crippen LogP contribution in [0.25, 0.3) is 0 Å². The van der Waals surface area contributed by atoms with Crippen molar-refractivity contribution in [3.63, 3.8) is 0 Å². The van der Waals surface area contributed by atoms with E-state index in [2.05, 4.69) is 4.99 Å². The van der Waals surface area contributed by atoms with Gasteiger partial charge in [-0.3, -0.25) is 4.79 Å². The van der Waals surface area contributed by atoms with Crippen molar-refractivity contribution in [2.24, 2.45) is 10.7 Å². The second-order valence-electron chi connectivity index (χ2n) is 4.96. The van der Waals surface area contributed by atoms with Crippen LogP contribution >= 0.6 is 12.2 Å². The maximum absolute atomic E-state index is 12.9. The molecule has 0 aromatic heterocycles. The minimum atomic E-state index is -0.592. The molecule has 1 atom stereocenters. The number of Topliss-reactive ketones (excluding diaryl/α,β-unsaturated/α-hetero) is 1. The third-order valence-corrected chi connectivity index (χ3v) is 3.59. The van der Waals surface area contributed by atoms with E-state index in [0.717, 1.165) is 5.56 Å². The summed E-state index contributed by atoms with van der Waals surface area (Å²) in [6, 6.07) is 14.1. The van der Waals surface area contributed by atoms with E-state index in [-0.39, 0.29) is 10.9 Å². The van der Waals surface area contributed by atoms with Crippen molar-refractivity contribution in [3.05, 3.63) is 59.7 Å². The van der Waals surface area contributed by atoms with Gasteiger partial charge in [0.05, 0.1) is 20.1 Å². The number of benzene rings is 2. The highest BCUT2D eigenvalue weighted by Crippen LogP contribution is 2.23. The minimum absolute atomic E-state index is 0.0176. The van der Waals surface area contributed by atoms with Gasteiger partial charge in [-0.2, -0.15) is 0 Å². The lowest BCUT2D eigenvalue weighted by atomic mass is 9.91. The zero-order valence-electron chi connectivity index (χ0n) is 13.4. The highest BCUT2D eigenvalue weighted by molar-refractivity contribution is 7.80. The van der Waals surface area contributed by atoms with Crippen LogP contribution in [0.3, 0.4) is 0 Å². The smallest absolute Gasteiger partial charge is 0.189 e. The van der Waals surface area contributed by atoms with Gasteiger partial charge in [-0.15, -0.1) is 0 Å². The quantitative estimate of drug-likeness (QED) is 0.496. The Morgan fingerprint density at radius 2 is 1.54 bits per heavy atom. The first-order valence-corrected chi connectivity index (χ1v) is 7.62. The molecule has 2 rings (SSSR count). The number of ether oxygens (including phenoxy) is 2. The summed E-state index contributed by atoms with van der Waals surface area (Å²) < 4.78 is 10.3. The van der Waals surface area contributed by atoms with Gasteiger partial charge in [0.25, 0.3) is 0 Å². The van der Waals surface area contributed by atoms with Gasteiger partial charge in [-0.1, -0.05) is 12.1 Å². The van der Waals surface area contributed by atoms with Crippen LogP contribution in [0.1, 0.15) is 21.8 Å². The average molecular weight is 342 g/mol. The lowest BCUT2D eigenvalue weighted by Crippen LogP contribution is -2.16. The number of aliphatic imine (C=N–C) groups is 1. The van der Waals surface area contributed by atoms with E-state index in [4.69, 9.17) is 27.4 Å². The lowest BCUT2D eigenvalue weighted by Gasteiger charge is -2.13. The van der Waals surface area contributed by atoms with Crippen LogP contribution in [0.4, 0.5) is 0 Å². The highest BCUT2D eigenvalue weighted by Gasteiger charge is 2.20. The second kappa shape index (κ2) is 8.21. The maximum atomic E-state index is 12.9. The Labute approximate surface area is 146 Å². The summed E-state index contributed by atoms with van der Waals surface area (Å²) in [6.45, 7) is 0. The normalized spacial score (nSPS) is 11.9. The van der Waals surface area contributed by atoms with Crippen molar-refractivity contribution < 1.29 is 14.3 Å². The Hall–Kier alpha value is -2.73. The third kappa shape index (κ3) is 4.39. The molecule has 0 heterocycles. The standard InChI is InChI=1S/C18H18N2O3S/c1-22-14-7-3-12(4-8-14)16(11-20-18(19)24)17(21)13-5-9-15(23-2)10-6-13/h3-11,16H,1-2H3,(H2,19,24). The molecule has 24 heavy (non-hydrogen) atoms. The average Bonchev–Trinajstić information content (AvgIpc) is 2.62. The summed E-state index contributed by atoms with van der Waals surface area (Å²) in [6.07, 6.45) is 1.47. The predicted octanol–water partition coefficient (Wildman–Crippen LogP) is 2.98. The topological polar surface area (TPSA) is 73.9 Å². The van der Waals surface area contributed by atoms with Crippen molar-refractivity contribution in [1.29, 1.82) is 0 Å². The fraction of sp³-hybridized carbons (Fsp3) is 0.167. The molecular weight excluding hydrogens is 324 g/mol. The summed E-state index contributed by atoms with van der Waals surface area (Å²) in [5.74, 6) is 0.693. The van der Waals surface area contributed by atoms with E-state index in [0.29, 0.717) is 17.1 Å². The third-order valence-electron chi connectivity index (χ3n) is 3.48. The van der Waals surface area contributed by atoms with E-state index in [1.165, 1.54) is 6.21 Å². The van der Waals surface area contributed by atoms with Crippen molar-refractivity contribution in [1.82, 2.24) is 0 Å². The molecule has 2 aromatic rings. The zero-order valence-corrected chi connectivity index (χ0v) is 14.2. The molecule has 0 spiro atoms. The molecule has 0 amide bonds. The molecule has 5 nitrogen and oxygen atoms in total. The number of carbonyl (C=O) groups is 1. The molecule has 0 saturated carbocycles. The molecule has 0 bridgehead atoms. The number of nitrogens with zero attached hydrogens (tertiary/aromatic N) is 1. The van der Waals surface area contributed by atoms with Crippen molar-refractivity contribution >= 4 is 29.3 Å². The summed E-state index contributed by atoms with van der Waals surface area (Å²) in [5.41, 5.74) is 6.75. The monoisotopic (exact) mass is 342 g/mol. The number of methoxy groups -OCH3 is 2. The minimum Gasteiger partial charge on any atom is -0.497 e. The van der Waals surface area contributed by atoms with Crippen LogP contribution in [0, 0.1) is 0 Å². The van der Waals surface area contributed by atoms with E-state index < -0.39 is 5.92 Å². The number of thiocarbonyl (C=S) groups is 1. The Balaban J connectivity index is 2.36. The molecule has 124 valence electrons. The highest BCUT2D eigenvalue weighted by atomic mass is 32.1. The van der Waals surface area contributed by atoms with Crippen LogP contribution in [-0.2, 0) is 0 Å². The van der Waals surface area contributed by atoms with Crippen molar-refractivity contribution in [2.75, 3.05) is 14.2 Å². The van der Waals surface area contributed by atoms with Gasteiger partial charge in [0.2, 0.25) is 0 Å². The van der Waals surface area contributed by atoms with E-state index in [9.17, 15) is 4.79 Å². The Morgan fingerprint density at radius 1 is 1.04 bits per heavy atom. The fourth-order valence-electron chi connectivity index (χ4n) is 2.20. The van der Waals surface area contributed by atoms with Gasteiger partial charge in [0.15, 0.2) is 10.9 Å². The van der Waals surface area contributed by atoms with Gasteiger partial charge >= 0.3 is 0 Å². The molecule has 0 fully saturated rings. The fourth-order valence-corrected chi connectivity index (χ4v) is 2.26. The maximum Gasteiger partial charge on any atom is 0.189 e. The SMILES string of the molecule is COc1ccc(C(=O)C(C=NC(N)=S)c2ccc(OC)cc2)cc1. The number of hydrogen-bond acceptors (Lipinski definition) is 4. The molecule has 2 aromatic carbocycles. The molecule has 0 aliphatic carbocycles. The molecular formula is C18H18N2O3S. The van der Waals surface area contributed by atoms with Gasteiger partial charge in [-0.25, -0.2) is 4.99 Å². The number of carbonyl (C=O) groups excluding carboxylic acids is 1. The molecule has 0 radical (unpaired) electrons. The van der Waals surface area contributed by atoms with E-state index in [1.807, 2.05) is 12.1 Å². The first kappa shape index (κ1) is 17.6. The van der Waals surface area contributed by atoms with Crippen molar-refractivity contribution in [3.8, 4) is 11.5 Å². The van der Waals surface area contributed by atoms with Crippen LogP contribution in [0.15, 0.2) is 53.5 Å². The summed E-state index contributed by atoms with van der Waals surface area (Å²) in [5, 5.41) is -0.0176. The largest absolute Gasteiger partial charge is 0.497 e. The summed E-state index contributed by atoms with van der Waals surface area (Å²) in [4.78, 5) is 16.8. The molecule has 6 heteroatoms. The van der Waals surface area contributed by atoms with Gasteiger partial charge in [0, 0.05) is 11.8 Å². The summed E-state index contributed by atoms with van der Waals surface area (Å²) >= 11 is 4.77. The van der Waals surface area contributed by atoms with E-state index >= 15 is 0 Å². The zero-order chi connectivity index (χ0) is 17.5. The molecule has 0 aliphatic rings. The number of hydrogen-bond donors (Lipinski definition) is 1. The Kier molecular flexibility index (Phi) is 6.03. The Morgan fingerprint density at radius 3 is 2.00 bits per heavy atom. The number of ketones is 1. The lowest BCUT2D eigenvalue weighted by molar-refractivity contribution is 0.0984. The molecule has 0 saturated heterocycles. The first-order valence-electron chi connectivity index (χ1n) is 7.21. The van der Waals surface area contributed by atoms with Crippen LogP contribution in [0.5, 0.6) is 11.5 Å². The van der Waals surface area contributed by atoms with Crippen molar-refractivity contribution in [2.45, 2.75) is 5.92 Å². The molecule has 1 unspecified atom stereocenters. The number of nitrogens with two attached hydrogens (primary N) is 1. The van der Waals surface area contributed by atoms with Crippen LogP contribution < -0.4 is 15.2 Å². The van der Waals surface area contributed by atoms with Gasteiger partial charge in [0.1, 0.15) is 11.5 Å². The van der Waals surface area contributed by atoms with Gasteiger partial charge < -0.3 is 15.2 Å². The number of rotatable bonds is 6. The first-order chi connectivity index (χ1) is 11.5. The summed E-state index contributed by atoms with van der Waals surface area (Å²) in [7, 11) is 3.16. The van der Waals surface area contributed by atoms with E-state index in [1.54, 1.807) is 50.6 Å². The molecule has 2 N–H and O–H groups in total. The van der Waals surface area contributed by atoms with Crippen LogP contribution in [-0.4, -0.2) is 31.3 Å². The van der Waals surface area contributed by atoms with Crippen LogP contribution in [0.2, 0.25) is 0 Å².